The van der Waals surface area contributed by atoms with E-state index in [4.69, 9.17) is 0 Å². The van der Waals surface area contributed by atoms with Gasteiger partial charge in [-0.05, 0) is 28.1 Å². The molecule has 0 saturated carbocycles. The summed E-state index contributed by atoms with van der Waals surface area (Å²) in [6, 6.07) is 2.27. The highest BCUT2D eigenvalue weighted by molar-refractivity contribution is 9.10. The van der Waals surface area contributed by atoms with Crippen LogP contribution in [0.15, 0.2) is 33.0 Å². The van der Waals surface area contributed by atoms with Crippen LogP contribution in [0.5, 0.6) is 0 Å². The number of amides is 4. The Balaban J connectivity index is 2.47. The molecule has 0 unspecified atom stereocenters. The average molecular weight is 356 g/mol. The van der Waals surface area contributed by atoms with Gasteiger partial charge in [-0.2, -0.15) is 4.73 Å². The first-order chi connectivity index (χ1) is 9.82. The molecule has 2 heterocycles. The van der Waals surface area contributed by atoms with Crippen LogP contribution in [0, 0.1) is 0 Å². The quantitative estimate of drug-likeness (QED) is 0.555. The van der Waals surface area contributed by atoms with Crippen molar-refractivity contribution < 1.29 is 19.6 Å². The van der Waals surface area contributed by atoms with Gasteiger partial charge in [0.15, 0.2) is 5.49 Å². The topological polar surface area (TPSA) is 108 Å². The van der Waals surface area contributed by atoms with Gasteiger partial charge in [0.1, 0.15) is 0 Å². The zero-order chi connectivity index (χ0) is 15.7. The van der Waals surface area contributed by atoms with Crippen molar-refractivity contribution in [3.05, 3.63) is 28.3 Å². The second-order valence-corrected chi connectivity index (χ2v) is 5.03. The molecule has 1 aromatic rings. The second kappa shape index (κ2) is 5.48. The number of barbiturate groups is 1. The number of urea groups is 1. The van der Waals surface area contributed by atoms with E-state index in [0.29, 0.717) is 9.20 Å². The summed E-state index contributed by atoms with van der Waals surface area (Å²) < 4.78 is 1.27. The van der Waals surface area contributed by atoms with Crippen LogP contribution in [0.2, 0.25) is 0 Å². The van der Waals surface area contributed by atoms with Crippen molar-refractivity contribution in [2.75, 3.05) is 14.1 Å². The number of carbonyl (C=O) groups is 3. The number of nitrogens with zero attached hydrogens (tertiary/aromatic N) is 5. The Hall–Kier alpha value is -2.49. The monoisotopic (exact) mass is 355 g/mol. The zero-order valence-corrected chi connectivity index (χ0v) is 12.6. The van der Waals surface area contributed by atoms with Crippen molar-refractivity contribution in [3.8, 4) is 0 Å². The summed E-state index contributed by atoms with van der Waals surface area (Å²) in [6.45, 7) is 0. The lowest BCUT2D eigenvalue weighted by atomic mass is 10.2. The molecule has 21 heavy (non-hydrogen) atoms. The number of aromatic nitrogens is 1. The lowest BCUT2D eigenvalue weighted by molar-refractivity contribution is -0.129. The molecule has 1 fully saturated rings. The van der Waals surface area contributed by atoms with Gasteiger partial charge in [0.05, 0.1) is 6.20 Å². The van der Waals surface area contributed by atoms with E-state index >= 15 is 0 Å². The fourth-order valence-electron chi connectivity index (χ4n) is 1.53. The molecule has 0 aliphatic carbocycles. The standard InChI is InChI=1S/C11H10BrN5O4/c1-15-9(18)8(10(19)16(2)11(15)20)14-13-7-4-3-6(12)5-17(7)21/h3-5,21H,1-2H3. The molecule has 0 atom stereocenters. The summed E-state index contributed by atoms with van der Waals surface area (Å²) in [7, 11) is 2.46. The third-order valence-corrected chi connectivity index (χ3v) is 3.18. The molecular weight excluding hydrogens is 346 g/mol. The van der Waals surface area contributed by atoms with E-state index in [-0.39, 0.29) is 5.49 Å². The molecule has 9 nitrogen and oxygen atoms in total. The van der Waals surface area contributed by atoms with Crippen molar-refractivity contribution in [3.63, 3.8) is 0 Å². The van der Waals surface area contributed by atoms with E-state index in [0.717, 1.165) is 9.80 Å². The summed E-state index contributed by atoms with van der Waals surface area (Å²) >= 11 is 3.15. The summed E-state index contributed by atoms with van der Waals surface area (Å²) in [5.74, 6) is -1.71. The maximum Gasteiger partial charge on any atom is 0.333 e. The molecular formula is C11H10BrN5O4. The molecule has 110 valence electrons. The van der Waals surface area contributed by atoms with Gasteiger partial charge in [-0.1, -0.05) is 0 Å². The predicted molar refractivity (Wildman–Crippen MR) is 73.3 cm³/mol. The second-order valence-electron chi connectivity index (χ2n) is 4.11. The highest BCUT2D eigenvalue weighted by Crippen LogP contribution is 2.07. The maximum absolute atomic E-state index is 11.8. The van der Waals surface area contributed by atoms with Gasteiger partial charge in [-0.25, -0.2) is 4.79 Å². The first-order valence-corrected chi connectivity index (χ1v) is 6.41. The molecule has 10 heteroatoms. The summed E-state index contributed by atoms with van der Waals surface area (Å²) in [5, 5.41) is 16.8. The number of rotatable bonds is 1. The SMILES string of the molecule is CN1C(=O)C(=NN=c2ccc(Br)cn2O)C(=O)N(C)C1=O. The highest BCUT2D eigenvalue weighted by Gasteiger charge is 2.39. The smallest absolute Gasteiger partial charge is 0.333 e. The Bertz CT molecular complexity index is 712. The number of hydrogen-bond donors (Lipinski definition) is 1. The zero-order valence-electron chi connectivity index (χ0n) is 11.0. The molecule has 0 bridgehead atoms. The van der Waals surface area contributed by atoms with Gasteiger partial charge in [0.2, 0.25) is 5.71 Å². The number of pyridine rings is 1. The number of imide groups is 2. The molecule has 0 spiro atoms. The van der Waals surface area contributed by atoms with Crippen LogP contribution in [-0.4, -0.2) is 57.4 Å². The highest BCUT2D eigenvalue weighted by atomic mass is 79.9. The lowest BCUT2D eigenvalue weighted by Gasteiger charge is -2.27. The predicted octanol–water partition coefficient (Wildman–Crippen LogP) is -0.205. The minimum atomic E-state index is -0.853. The van der Waals surface area contributed by atoms with Crippen LogP contribution in [0.1, 0.15) is 0 Å². The average Bonchev–Trinajstić information content (AvgIpc) is 2.45. The molecule has 4 amide bonds. The first-order valence-electron chi connectivity index (χ1n) is 5.62. The summed E-state index contributed by atoms with van der Waals surface area (Å²) in [5.41, 5.74) is -0.504. The molecule has 1 aromatic heterocycles. The van der Waals surface area contributed by atoms with E-state index in [9.17, 15) is 19.6 Å². The largest absolute Gasteiger partial charge is 0.427 e. The Labute approximate surface area is 126 Å². The van der Waals surface area contributed by atoms with E-state index in [1.54, 1.807) is 6.07 Å². The molecule has 0 radical (unpaired) electrons. The molecule has 1 N–H and O–H groups in total. The molecule has 2 rings (SSSR count). The summed E-state index contributed by atoms with van der Waals surface area (Å²) in [4.78, 5) is 36.7. The van der Waals surface area contributed by atoms with E-state index in [2.05, 4.69) is 26.1 Å². The maximum atomic E-state index is 11.8. The van der Waals surface area contributed by atoms with Crippen LogP contribution < -0.4 is 5.49 Å². The number of halogens is 1. The van der Waals surface area contributed by atoms with Crippen molar-refractivity contribution in [1.82, 2.24) is 14.5 Å². The minimum absolute atomic E-state index is 0.00788. The third-order valence-electron chi connectivity index (χ3n) is 2.71. The van der Waals surface area contributed by atoms with Gasteiger partial charge in [-0.15, -0.1) is 10.2 Å². The Morgan fingerprint density at radius 2 is 1.62 bits per heavy atom. The Morgan fingerprint density at radius 3 is 2.14 bits per heavy atom. The van der Waals surface area contributed by atoms with Crippen molar-refractivity contribution in [1.29, 1.82) is 0 Å². The van der Waals surface area contributed by atoms with Gasteiger partial charge >= 0.3 is 6.03 Å². The van der Waals surface area contributed by atoms with Gasteiger partial charge in [-0.3, -0.25) is 19.4 Å². The van der Waals surface area contributed by atoms with E-state index in [1.165, 1.54) is 26.4 Å². The normalized spacial score (nSPS) is 16.8. The number of hydrogen-bond acceptors (Lipinski definition) is 6. The van der Waals surface area contributed by atoms with Crippen LogP contribution in [-0.2, 0) is 9.59 Å². The van der Waals surface area contributed by atoms with Gasteiger partial charge in [0, 0.05) is 18.6 Å². The van der Waals surface area contributed by atoms with Crippen LogP contribution in [0.3, 0.4) is 0 Å². The lowest BCUT2D eigenvalue weighted by Crippen LogP contribution is -2.57. The Kier molecular flexibility index (Phi) is 3.89. The van der Waals surface area contributed by atoms with Crippen LogP contribution >= 0.6 is 15.9 Å². The molecule has 1 saturated heterocycles. The van der Waals surface area contributed by atoms with Gasteiger partial charge < -0.3 is 5.21 Å². The summed E-state index contributed by atoms with van der Waals surface area (Å²) in [6.07, 6.45) is 1.31. The number of carbonyl (C=O) groups excluding carboxylic acids is 3. The van der Waals surface area contributed by atoms with E-state index < -0.39 is 23.6 Å². The molecule has 0 aromatic carbocycles. The minimum Gasteiger partial charge on any atom is -0.427 e. The Morgan fingerprint density at radius 1 is 1.05 bits per heavy atom. The van der Waals surface area contributed by atoms with E-state index in [1.807, 2.05) is 0 Å². The van der Waals surface area contributed by atoms with Gasteiger partial charge in [0.25, 0.3) is 11.8 Å². The van der Waals surface area contributed by atoms with Crippen LogP contribution in [0.25, 0.3) is 0 Å². The van der Waals surface area contributed by atoms with Crippen molar-refractivity contribution in [2.45, 2.75) is 0 Å². The van der Waals surface area contributed by atoms with Crippen LogP contribution in [0.4, 0.5) is 4.79 Å². The molecule has 1 aliphatic rings. The first kappa shape index (κ1) is 14.9. The fraction of sp³-hybridized carbons (Fsp3) is 0.182. The van der Waals surface area contributed by atoms with Crippen molar-refractivity contribution in [2.24, 2.45) is 10.2 Å². The third kappa shape index (κ3) is 2.70. The van der Waals surface area contributed by atoms with Crippen molar-refractivity contribution >= 4 is 39.5 Å². The molecule has 1 aliphatic heterocycles. The fourth-order valence-corrected chi connectivity index (χ4v) is 1.86.